The van der Waals surface area contributed by atoms with Crippen LogP contribution in [0.15, 0.2) is 42.5 Å². The Morgan fingerprint density at radius 1 is 0.926 bits per heavy atom. The summed E-state index contributed by atoms with van der Waals surface area (Å²) in [5.41, 5.74) is 0.797. The first-order valence-corrected chi connectivity index (χ1v) is 9.62. The van der Waals surface area contributed by atoms with Crippen LogP contribution >= 0.6 is 0 Å². The summed E-state index contributed by atoms with van der Waals surface area (Å²) in [5.74, 6) is -0.289. The number of ketones is 1. The van der Waals surface area contributed by atoms with Crippen LogP contribution in [0.1, 0.15) is 20.7 Å². The van der Waals surface area contributed by atoms with E-state index in [1.54, 1.807) is 6.07 Å². The Hall–Kier alpha value is -3.07. The molecule has 144 valence electrons. The second kappa shape index (κ2) is 8.54. The number of nitrogens with one attached hydrogen (secondary N) is 1. The maximum Gasteiger partial charge on any atom is 0.338 e. The minimum atomic E-state index is -3.40. The Kier molecular flexibility index (Phi) is 6.40. The van der Waals surface area contributed by atoms with Gasteiger partial charge in [0.05, 0.1) is 26.0 Å². The van der Waals surface area contributed by atoms with E-state index in [4.69, 9.17) is 14.2 Å². The van der Waals surface area contributed by atoms with Gasteiger partial charge in [0, 0.05) is 17.3 Å². The molecule has 0 aliphatic heterocycles. The Bertz CT molecular complexity index is 914. The van der Waals surface area contributed by atoms with Gasteiger partial charge in [-0.25, -0.2) is 13.2 Å². The van der Waals surface area contributed by atoms with Gasteiger partial charge >= 0.3 is 5.97 Å². The Morgan fingerprint density at radius 3 is 1.96 bits per heavy atom. The van der Waals surface area contributed by atoms with Crippen LogP contribution in [0.25, 0.3) is 0 Å². The topological polar surface area (TPSA) is 108 Å². The lowest BCUT2D eigenvalue weighted by Crippen LogP contribution is -2.15. The highest BCUT2D eigenvalue weighted by Crippen LogP contribution is 2.23. The van der Waals surface area contributed by atoms with Crippen LogP contribution in [0.3, 0.4) is 0 Å². The van der Waals surface area contributed by atoms with Crippen LogP contribution in [-0.4, -0.2) is 47.3 Å². The number of methoxy groups -OCH3 is 2. The normalized spacial score (nSPS) is 10.8. The van der Waals surface area contributed by atoms with Gasteiger partial charge < -0.3 is 14.2 Å². The highest BCUT2D eigenvalue weighted by molar-refractivity contribution is 7.92. The van der Waals surface area contributed by atoms with E-state index in [0.717, 1.165) is 6.26 Å². The molecular formula is C18H19NO7S. The first-order chi connectivity index (χ1) is 12.7. The van der Waals surface area contributed by atoms with Crippen LogP contribution in [0.4, 0.5) is 5.69 Å². The number of hydrogen-bond acceptors (Lipinski definition) is 7. The summed E-state index contributed by atoms with van der Waals surface area (Å²) in [5, 5.41) is 0. The Morgan fingerprint density at radius 2 is 1.48 bits per heavy atom. The molecule has 0 aliphatic rings. The molecule has 9 heteroatoms. The number of carbonyl (C=O) groups is 2. The van der Waals surface area contributed by atoms with Gasteiger partial charge in [0.25, 0.3) is 0 Å². The molecule has 1 N–H and O–H groups in total. The van der Waals surface area contributed by atoms with Crippen LogP contribution < -0.4 is 14.2 Å². The zero-order chi connectivity index (χ0) is 20.0. The molecule has 0 atom stereocenters. The highest BCUT2D eigenvalue weighted by Gasteiger charge is 2.14. The Labute approximate surface area is 157 Å². The van der Waals surface area contributed by atoms with E-state index in [1.807, 2.05) is 0 Å². The number of hydrogen-bond donors (Lipinski definition) is 1. The van der Waals surface area contributed by atoms with Gasteiger partial charge in [-0.3, -0.25) is 9.52 Å². The number of ether oxygens (including phenoxy) is 3. The van der Waals surface area contributed by atoms with Crippen LogP contribution in [0.5, 0.6) is 11.5 Å². The molecule has 0 radical (unpaired) electrons. The first kappa shape index (κ1) is 20.2. The average molecular weight is 393 g/mol. The Balaban J connectivity index is 2.01. The van der Waals surface area contributed by atoms with Crippen LogP contribution in [0, 0.1) is 0 Å². The molecule has 0 unspecified atom stereocenters. The van der Waals surface area contributed by atoms with Gasteiger partial charge in [-0.15, -0.1) is 0 Å². The second-order valence-electron chi connectivity index (χ2n) is 5.55. The zero-order valence-electron chi connectivity index (χ0n) is 15.0. The van der Waals surface area contributed by atoms with Gasteiger partial charge in [0.1, 0.15) is 11.5 Å². The zero-order valence-corrected chi connectivity index (χ0v) is 15.8. The number of benzene rings is 2. The quantitative estimate of drug-likeness (QED) is 0.540. The number of esters is 1. The summed E-state index contributed by atoms with van der Waals surface area (Å²) in [7, 11) is -0.491. The molecular weight excluding hydrogens is 374 g/mol. The highest BCUT2D eigenvalue weighted by atomic mass is 32.2. The molecule has 0 amide bonds. The molecule has 2 aromatic rings. The summed E-state index contributed by atoms with van der Waals surface area (Å²) in [6, 6.07) is 10.3. The van der Waals surface area contributed by atoms with Gasteiger partial charge in [-0.1, -0.05) is 0 Å². The van der Waals surface area contributed by atoms with E-state index < -0.39 is 28.4 Å². The second-order valence-corrected chi connectivity index (χ2v) is 7.30. The standard InChI is InChI=1S/C18H19NO7S/c1-24-15-8-13(9-16(10-15)25-2)18(21)26-11-17(20)12-4-6-14(7-5-12)19-27(3,22)23/h4-10,19H,11H2,1-3H3. The lowest BCUT2D eigenvalue weighted by Gasteiger charge is -2.09. The number of carbonyl (C=O) groups excluding carboxylic acids is 2. The van der Waals surface area contributed by atoms with Crippen molar-refractivity contribution >= 4 is 27.5 Å². The van der Waals surface area contributed by atoms with Crippen molar-refractivity contribution in [3.05, 3.63) is 53.6 Å². The number of rotatable bonds is 8. The van der Waals surface area contributed by atoms with Crippen molar-refractivity contribution in [2.24, 2.45) is 0 Å². The number of Topliss-reactive ketones (excluding diaryl/α,β-unsaturated/α-hetero) is 1. The summed E-state index contributed by atoms with van der Waals surface area (Å²) in [4.78, 5) is 24.3. The molecule has 0 saturated carbocycles. The van der Waals surface area contributed by atoms with Crippen molar-refractivity contribution in [3.8, 4) is 11.5 Å². The molecule has 2 aromatic carbocycles. The molecule has 2 rings (SSSR count). The minimum absolute atomic E-state index is 0.187. The summed E-state index contributed by atoms with van der Waals surface area (Å²) < 4.78 is 39.8. The molecule has 8 nitrogen and oxygen atoms in total. The SMILES string of the molecule is COc1cc(OC)cc(C(=O)OCC(=O)c2ccc(NS(C)(=O)=O)cc2)c1. The van der Waals surface area contributed by atoms with E-state index >= 15 is 0 Å². The predicted molar refractivity (Wildman–Crippen MR) is 99.1 cm³/mol. The van der Waals surface area contributed by atoms with E-state index in [2.05, 4.69) is 4.72 Å². The third-order valence-electron chi connectivity index (χ3n) is 3.43. The molecule has 27 heavy (non-hydrogen) atoms. The first-order valence-electron chi connectivity index (χ1n) is 7.73. The summed E-state index contributed by atoms with van der Waals surface area (Å²) in [6.07, 6.45) is 1.03. The van der Waals surface area contributed by atoms with E-state index in [0.29, 0.717) is 17.2 Å². The maximum absolute atomic E-state index is 12.2. The third-order valence-corrected chi connectivity index (χ3v) is 4.04. The van der Waals surface area contributed by atoms with Gasteiger partial charge in [-0.05, 0) is 36.4 Å². The summed E-state index contributed by atoms with van der Waals surface area (Å²) in [6.45, 7) is -0.461. The average Bonchev–Trinajstić information content (AvgIpc) is 2.64. The van der Waals surface area contributed by atoms with Crippen molar-refractivity contribution in [2.75, 3.05) is 31.8 Å². The number of sulfonamides is 1. The van der Waals surface area contributed by atoms with Crippen molar-refractivity contribution in [2.45, 2.75) is 0 Å². The molecule has 0 bridgehead atoms. The number of anilines is 1. The van der Waals surface area contributed by atoms with Crippen LogP contribution in [0.2, 0.25) is 0 Å². The molecule has 0 fully saturated rings. The molecule has 0 aliphatic carbocycles. The maximum atomic E-state index is 12.2. The fraction of sp³-hybridized carbons (Fsp3) is 0.222. The molecule has 0 aromatic heterocycles. The minimum Gasteiger partial charge on any atom is -0.497 e. The molecule has 0 heterocycles. The lowest BCUT2D eigenvalue weighted by atomic mass is 10.1. The fourth-order valence-electron chi connectivity index (χ4n) is 2.16. The van der Waals surface area contributed by atoms with E-state index in [1.165, 1.54) is 50.6 Å². The van der Waals surface area contributed by atoms with Gasteiger partial charge in [0.2, 0.25) is 10.0 Å². The van der Waals surface area contributed by atoms with Crippen molar-refractivity contribution in [1.29, 1.82) is 0 Å². The molecule has 0 saturated heterocycles. The van der Waals surface area contributed by atoms with E-state index in [-0.39, 0.29) is 11.1 Å². The van der Waals surface area contributed by atoms with Gasteiger partial charge in [0.15, 0.2) is 12.4 Å². The summed E-state index contributed by atoms with van der Waals surface area (Å²) >= 11 is 0. The largest absolute Gasteiger partial charge is 0.497 e. The smallest absolute Gasteiger partial charge is 0.338 e. The fourth-order valence-corrected chi connectivity index (χ4v) is 2.73. The lowest BCUT2D eigenvalue weighted by molar-refractivity contribution is 0.0474. The van der Waals surface area contributed by atoms with Crippen molar-refractivity contribution < 1.29 is 32.2 Å². The van der Waals surface area contributed by atoms with E-state index in [9.17, 15) is 18.0 Å². The monoisotopic (exact) mass is 393 g/mol. The van der Waals surface area contributed by atoms with Crippen molar-refractivity contribution in [3.63, 3.8) is 0 Å². The predicted octanol–water partition coefficient (Wildman–Crippen LogP) is 2.12. The van der Waals surface area contributed by atoms with Gasteiger partial charge in [-0.2, -0.15) is 0 Å². The van der Waals surface area contributed by atoms with Crippen molar-refractivity contribution in [1.82, 2.24) is 0 Å². The third kappa shape index (κ3) is 6.00. The molecule has 0 spiro atoms. The van der Waals surface area contributed by atoms with Crippen LogP contribution in [-0.2, 0) is 14.8 Å².